The zero-order valence-electron chi connectivity index (χ0n) is 13.1. The van der Waals surface area contributed by atoms with Gasteiger partial charge >= 0.3 is 0 Å². The number of rotatable bonds is 9. The van der Waals surface area contributed by atoms with Crippen LogP contribution in [0.15, 0.2) is 46.9 Å². The van der Waals surface area contributed by atoms with Crippen molar-refractivity contribution in [2.24, 2.45) is 0 Å². The van der Waals surface area contributed by atoms with Gasteiger partial charge in [-0.05, 0) is 66.0 Å². The van der Waals surface area contributed by atoms with Gasteiger partial charge in [0.2, 0.25) is 0 Å². The van der Waals surface area contributed by atoms with E-state index in [0.29, 0.717) is 24.8 Å². The Labute approximate surface area is 150 Å². The molecule has 0 amide bonds. The molecule has 0 unspecified atom stereocenters. The smallest absolute Gasteiger partial charge is 0.161 e. The van der Waals surface area contributed by atoms with Crippen LogP contribution < -0.4 is 14.2 Å². The van der Waals surface area contributed by atoms with E-state index in [1.807, 2.05) is 49.4 Å². The molecule has 3 nitrogen and oxygen atoms in total. The fourth-order valence-corrected chi connectivity index (χ4v) is 2.80. The standard InChI is InChI=1S/C18H20BrClO3/c1-2-21-17-7-3-4-8-18(17)23-12-6-5-11-22-16-10-9-14(20)13-15(16)19/h3-4,7-10,13H,2,5-6,11-12H2,1H3. The molecule has 0 aliphatic carbocycles. The van der Waals surface area contributed by atoms with Crippen LogP contribution in [0.4, 0.5) is 0 Å². The minimum atomic E-state index is 0.629. The average Bonchev–Trinajstić information content (AvgIpc) is 2.54. The van der Waals surface area contributed by atoms with E-state index in [2.05, 4.69) is 15.9 Å². The van der Waals surface area contributed by atoms with Gasteiger partial charge in [0.05, 0.1) is 24.3 Å². The molecule has 124 valence electrons. The highest BCUT2D eigenvalue weighted by atomic mass is 79.9. The topological polar surface area (TPSA) is 27.7 Å². The lowest BCUT2D eigenvalue weighted by molar-refractivity contribution is 0.251. The van der Waals surface area contributed by atoms with Crippen LogP contribution in [-0.2, 0) is 0 Å². The summed E-state index contributed by atoms with van der Waals surface area (Å²) in [7, 11) is 0. The number of hydrogen-bond donors (Lipinski definition) is 0. The van der Waals surface area contributed by atoms with Crippen molar-refractivity contribution in [2.45, 2.75) is 19.8 Å². The van der Waals surface area contributed by atoms with Gasteiger partial charge in [-0.15, -0.1) is 0 Å². The summed E-state index contributed by atoms with van der Waals surface area (Å²) in [6, 6.07) is 13.2. The lowest BCUT2D eigenvalue weighted by Crippen LogP contribution is -2.04. The monoisotopic (exact) mass is 398 g/mol. The lowest BCUT2D eigenvalue weighted by Gasteiger charge is -2.12. The van der Waals surface area contributed by atoms with E-state index in [-0.39, 0.29) is 0 Å². The van der Waals surface area contributed by atoms with Gasteiger partial charge in [0.25, 0.3) is 0 Å². The van der Waals surface area contributed by atoms with Gasteiger partial charge < -0.3 is 14.2 Å². The lowest BCUT2D eigenvalue weighted by atomic mass is 10.3. The van der Waals surface area contributed by atoms with Crippen LogP contribution in [0.25, 0.3) is 0 Å². The van der Waals surface area contributed by atoms with Crippen LogP contribution in [0.3, 0.4) is 0 Å². The molecule has 0 aliphatic rings. The fourth-order valence-electron chi connectivity index (χ4n) is 2.00. The molecule has 0 heterocycles. The van der Waals surface area contributed by atoms with Crippen LogP contribution in [-0.4, -0.2) is 19.8 Å². The molecule has 0 saturated carbocycles. The van der Waals surface area contributed by atoms with Gasteiger partial charge in [-0.1, -0.05) is 23.7 Å². The van der Waals surface area contributed by atoms with Crippen molar-refractivity contribution < 1.29 is 14.2 Å². The van der Waals surface area contributed by atoms with E-state index in [1.54, 1.807) is 0 Å². The predicted molar refractivity (Wildman–Crippen MR) is 97.0 cm³/mol. The minimum Gasteiger partial charge on any atom is -0.492 e. The Balaban J connectivity index is 1.68. The van der Waals surface area contributed by atoms with Crippen molar-refractivity contribution in [1.29, 1.82) is 0 Å². The molecule has 0 atom stereocenters. The molecule has 0 fully saturated rings. The first-order valence-electron chi connectivity index (χ1n) is 7.63. The maximum Gasteiger partial charge on any atom is 0.161 e. The number of halogens is 2. The fraction of sp³-hybridized carbons (Fsp3) is 0.333. The summed E-state index contributed by atoms with van der Waals surface area (Å²) in [5.41, 5.74) is 0. The van der Waals surface area contributed by atoms with E-state index in [0.717, 1.165) is 34.6 Å². The van der Waals surface area contributed by atoms with E-state index in [9.17, 15) is 0 Å². The summed E-state index contributed by atoms with van der Waals surface area (Å²) < 4.78 is 17.9. The average molecular weight is 400 g/mol. The first-order chi connectivity index (χ1) is 11.2. The Hall–Kier alpha value is -1.39. The van der Waals surface area contributed by atoms with Crippen LogP contribution >= 0.6 is 27.5 Å². The van der Waals surface area contributed by atoms with E-state index in [4.69, 9.17) is 25.8 Å². The molecule has 0 aliphatic heterocycles. The van der Waals surface area contributed by atoms with Crippen LogP contribution in [0.1, 0.15) is 19.8 Å². The zero-order valence-corrected chi connectivity index (χ0v) is 15.4. The Morgan fingerprint density at radius 2 is 1.48 bits per heavy atom. The third-order valence-electron chi connectivity index (χ3n) is 3.10. The molecule has 5 heteroatoms. The number of ether oxygens (including phenoxy) is 3. The second-order valence-corrected chi connectivity index (χ2v) is 6.15. The largest absolute Gasteiger partial charge is 0.492 e. The number of benzene rings is 2. The number of unbranched alkanes of at least 4 members (excludes halogenated alkanes) is 1. The van der Waals surface area contributed by atoms with Crippen molar-refractivity contribution >= 4 is 27.5 Å². The summed E-state index contributed by atoms with van der Waals surface area (Å²) in [4.78, 5) is 0. The molecule has 23 heavy (non-hydrogen) atoms. The Bertz CT molecular complexity index is 619. The normalized spacial score (nSPS) is 10.4. The molecule has 0 radical (unpaired) electrons. The third kappa shape index (κ3) is 5.96. The van der Waals surface area contributed by atoms with Crippen LogP contribution in [0.5, 0.6) is 17.2 Å². The molecule has 2 rings (SSSR count). The molecule has 0 saturated heterocycles. The quantitative estimate of drug-likeness (QED) is 0.503. The van der Waals surface area contributed by atoms with E-state index >= 15 is 0 Å². The molecule has 0 spiro atoms. The number of para-hydroxylation sites is 2. The van der Waals surface area contributed by atoms with E-state index < -0.39 is 0 Å². The van der Waals surface area contributed by atoms with Gasteiger partial charge in [-0.25, -0.2) is 0 Å². The van der Waals surface area contributed by atoms with Crippen LogP contribution in [0.2, 0.25) is 5.02 Å². The highest BCUT2D eigenvalue weighted by Gasteiger charge is 2.04. The van der Waals surface area contributed by atoms with Crippen molar-refractivity contribution in [3.63, 3.8) is 0 Å². The number of hydrogen-bond acceptors (Lipinski definition) is 3. The molecule has 2 aromatic carbocycles. The van der Waals surface area contributed by atoms with Gasteiger partial charge in [0.15, 0.2) is 11.5 Å². The molecular formula is C18H20BrClO3. The molecular weight excluding hydrogens is 380 g/mol. The second-order valence-electron chi connectivity index (χ2n) is 4.86. The maximum atomic E-state index is 5.90. The van der Waals surface area contributed by atoms with Gasteiger partial charge in [0.1, 0.15) is 5.75 Å². The molecule has 0 aromatic heterocycles. The summed E-state index contributed by atoms with van der Waals surface area (Å²) in [6.07, 6.45) is 1.82. The summed E-state index contributed by atoms with van der Waals surface area (Å²) in [6.45, 7) is 3.86. The summed E-state index contributed by atoms with van der Waals surface area (Å²) >= 11 is 9.34. The first kappa shape index (κ1) is 18.0. The summed E-state index contributed by atoms with van der Waals surface area (Å²) in [5, 5.41) is 0.686. The van der Waals surface area contributed by atoms with Gasteiger partial charge in [-0.2, -0.15) is 0 Å². The third-order valence-corrected chi connectivity index (χ3v) is 3.95. The van der Waals surface area contributed by atoms with Crippen molar-refractivity contribution in [3.05, 3.63) is 52.0 Å². The van der Waals surface area contributed by atoms with Crippen LogP contribution in [0, 0.1) is 0 Å². The maximum absolute atomic E-state index is 5.90. The Kier molecular flexibility index (Phi) is 7.56. The van der Waals surface area contributed by atoms with Crippen molar-refractivity contribution in [1.82, 2.24) is 0 Å². The zero-order chi connectivity index (χ0) is 16.5. The Morgan fingerprint density at radius 1 is 0.870 bits per heavy atom. The molecule has 0 N–H and O–H groups in total. The minimum absolute atomic E-state index is 0.629. The SMILES string of the molecule is CCOc1ccccc1OCCCCOc1ccc(Cl)cc1Br. The predicted octanol–water partition coefficient (Wildman–Crippen LogP) is 5.74. The first-order valence-corrected chi connectivity index (χ1v) is 8.80. The molecule has 0 bridgehead atoms. The Morgan fingerprint density at radius 3 is 2.09 bits per heavy atom. The second kappa shape index (κ2) is 9.68. The molecule has 2 aromatic rings. The highest BCUT2D eigenvalue weighted by molar-refractivity contribution is 9.10. The summed E-state index contributed by atoms with van der Waals surface area (Å²) in [5.74, 6) is 2.38. The van der Waals surface area contributed by atoms with Gasteiger partial charge in [0, 0.05) is 5.02 Å². The highest BCUT2D eigenvalue weighted by Crippen LogP contribution is 2.28. The van der Waals surface area contributed by atoms with E-state index in [1.165, 1.54) is 0 Å². The van der Waals surface area contributed by atoms with Crippen molar-refractivity contribution in [3.8, 4) is 17.2 Å². The van der Waals surface area contributed by atoms with Gasteiger partial charge in [-0.3, -0.25) is 0 Å². The van der Waals surface area contributed by atoms with Crippen molar-refractivity contribution in [2.75, 3.05) is 19.8 Å².